The lowest BCUT2D eigenvalue weighted by molar-refractivity contribution is -0.385. The third kappa shape index (κ3) is 1.76. The summed E-state index contributed by atoms with van der Waals surface area (Å²) in [5.41, 5.74) is 0.600. The van der Waals surface area contributed by atoms with Crippen LogP contribution in [0.15, 0.2) is 12.1 Å². The molecule has 0 N–H and O–H groups in total. The Morgan fingerprint density at radius 2 is 1.93 bits per heavy atom. The van der Waals surface area contributed by atoms with Crippen LogP contribution in [0.3, 0.4) is 0 Å². The van der Waals surface area contributed by atoms with Gasteiger partial charge in [-0.05, 0) is 13.0 Å². The predicted molar refractivity (Wildman–Crippen MR) is 50.9 cm³/mol. The molecule has 76 valence electrons. The van der Waals surface area contributed by atoms with Crippen molar-refractivity contribution >= 4 is 5.69 Å². The average molecular weight is 197 g/mol. The average Bonchev–Trinajstić information content (AvgIpc) is 2.16. The standard InChI is InChI=1S/C9H11NO4/c1-6-4-7(13-2)5-8(10(11)12)9(6)14-3/h4-5H,1-3H3. The molecule has 1 rings (SSSR count). The van der Waals surface area contributed by atoms with Gasteiger partial charge in [-0.1, -0.05) is 0 Å². The molecule has 0 saturated carbocycles. The highest BCUT2D eigenvalue weighted by Crippen LogP contribution is 2.34. The minimum Gasteiger partial charge on any atom is -0.496 e. The van der Waals surface area contributed by atoms with Crippen molar-refractivity contribution in [1.29, 1.82) is 0 Å². The highest BCUT2D eigenvalue weighted by molar-refractivity contribution is 5.55. The summed E-state index contributed by atoms with van der Waals surface area (Å²) in [6.07, 6.45) is 0. The fourth-order valence-corrected chi connectivity index (χ4v) is 1.24. The van der Waals surface area contributed by atoms with Crippen LogP contribution in [0.2, 0.25) is 0 Å². The normalized spacial score (nSPS) is 9.64. The molecule has 0 atom stereocenters. The zero-order valence-electron chi connectivity index (χ0n) is 8.23. The third-order valence-electron chi connectivity index (χ3n) is 1.87. The molecule has 0 aromatic heterocycles. The lowest BCUT2D eigenvalue weighted by atomic mass is 10.2. The Morgan fingerprint density at radius 3 is 2.36 bits per heavy atom. The zero-order chi connectivity index (χ0) is 10.7. The Morgan fingerprint density at radius 1 is 1.29 bits per heavy atom. The van der Waals surface area contributed by atoms with Crippen LogP contribution < -0.4 is 9.47 Å². The first-order chi connectivity index (χ1) is 6.60. The van der Waals surface area contributed by atoms with E-state index in [4.69, 9.17) is 9.47 Å². The molecule has 1 aromatic carbocycles. The van der Waals surface area contributed by atoms with Crippen molar-refractivity contribution in [2.24, 2.45) is 0 Å². The van der Waals surface area contributed by atoms with Gasteiger partial charge in [0.1, 0.15) is 5.75 Å². The summed E-state index contributed by atoms with van der Waals surface area (Å²) in [6.45, 7) is 1.73. The molecule has 0 aliphatic carbocycles. The monoisotopic (exact) mass is 197 g/mol. The Hall–Kier alpha value is -1.78. The van der Waals surface area contributed by atoms with E-state index in [1.807, 2.05) is 0 Å². The van der Waals surface area contributed by atoms with E-state index < -0.39 is 4.92 Å². The van der Waals surface area contributed by atoms with Crippen LogP contribution in [0, 0.1) is 17.0 Å². The Kier molecular flexibility index (Phi) is 2.91. The van der Waals surface area contributed by atoms with Gasteiger partial charge >= 0.3 is 5.69 Å². The highest BCUT2D eigenvalue weighted by atomic mass is 16.6. The molecule has 5 heteroatoms. The Labute approximate surface area is 81.4 Å². The number of hydrogen-bond acceptors (Lipinski definition) is 4. The van der Waals surface area contributed by atoms with Crippen molar-refractivity contribution in [2.75, 3.05) is 14.2 Å². The molecule has 0 aliphatic rings. The van der Waals surface area contributed by atoms with Crippen LogP contribution in [0.5, 0.6) is 11.5 Å². The van der Waals surface area contributed by atoms with Crippen LogP contribution in [0.25, 0.3) is 0 Å². The minimum absolute atomic E-state index is 0.0793. The lowest BCUT2D eigenvalue weighted by Crippen LogP contribution is -1.97. The van der Waals surface area contributed by atoms with Crippen molar-refractivity contribution in [1.82, 2.24) is 0 Å². The van der Waals surface area contributed by atoms with E-state index in [1.165, 1.54) is 20.3 Å². The van der Waals surface area contributed by atoms with Gasteiger partial charge in [0, 0.05) is 5.56 Å². The van der Waals surface area contributed by atoms with Gasteiger partial charge in [-0.25, -0.2) is 0 Å². The summed E-state index contributed by atoms with van der Waals surface area (Å²) in [6, 6.07) is 3.03. The maximum Gasteiger partial charge on any atom is 0.314 e. The lowest BCUT2D eigenvalue weighted by Gasteiger charge is -2.07. The summed E-state index contributed by atoms with van der Waals surface area (Å²) >= 11 is 0. The van der Waals surface area contributed by atoms with Gasteiger partial charge in [0.15, 0.2) is 5.75 Å². The maximum atomic E-state index is 10.7. The van der Waals surface area contributed by atoms with Gasteiger partial charge in [-0.15, -0.1) is 0 Å². The minimum atomic E-state index is -0.492. The molecule has 0 spiro atoms. The van der Waals surface area contributed by atoms with Gasteiger partial charge in [-0.2, -0.15) is 0 Å². The number of nitro benzene ring substituents is 1. The quantitative estimate of drug-likeness (QED) is 0.548. The second-order valence-electron chi connectivity index (χ2n) is 2.75. The Bertz CT molecular complexity index is 362. The van der Waals surface area contributed by atoms with Crippen LogP contribution in [0.1, 0.15) is 5.56 Å². The number of benzene rings is 1. The van der Waals surface area contributed by atoms with Gasteiger partial charge < -0.3 is 9.47 Å². The summed E-state index contributed by atoms with van der Waals surface area (Å²) in [4.78, 5) is 10.2. The molecule has 0 bridgehead atoms. The van der Waals surface area contributed by atoms with Crippen molar-refractivity contribution < 1.29 is 14.4 Å². The van der Waals surface area contributed by atoms with Crippen LogP contribution in [-0.4, -0.2) is 19.1 Å². The Balaban J connectivity index is 3.35. The molecule has 0 radical (unpaired) electrons. The number of hydrogen-bond donors (Lipinski definition) is 0. The molecule has 0 unspecified atom stereocenters. The molecule has 0 saturated heterocycles. The highest BCUT2D eigenvalue weighted by Gasteiger charge is 2.18. The van der Waals surface area contributed by atoms with Gasteiger partial charge in [-0.3, -0.25) is 10.1 Å². The van der Waals surface area contributed by atoms with Gasteiger partial charge in [0.05, 0.1) is 25.2 Å². The second-order valence-corrected chi connectivity index (χ2v) is 2.75. The fourth-order valence-electron chi connectivity index (χ4n) is 1.24. The van der Waals surface area contributed by atoms with Crippen molar-refractivity contribution in [3.05, 3.63) is 27.8 Å². The number of nitrogens with zero attached hydrogens (tertiary/aromatic N) is 1. The first-order valence-corrected chi connectivity index (χ1v) is 3.97. The van der Waals surface area contributed by atoms with Gasteiger partial charge in [0.2, 0.25) is 0 Å². The van der Waals surface area contributed by atoms with E-state index in [-0.39, 0.29) is 11.4 Å². The molecule has 0 fully saturated rings. The van der Waals surface area contributed by atoms with E-state index in [0.717, 1.165) is 0 Å². The molecule has 5 nitrogen and oxygen atoms in total. The number of rotatable bonds is 3. The van der Waals surface area contributed by atoms with Crippen molar-refractivity contribution in [3.63, 3.8) is 0 Å². The van der Waals surface area contributed by atoms with Crippen molar-refractivity contribution in [3.8, 4) is 11.5 Å². The van der Waals surface area contributed by atoms with Crippen LogP contribution in [0.4, 0.5) is 5.69 Å². The topological polar surface area (TPSA) is 61.6 Å². The van der Waals surface area contributed by atoms with E-state index >= 15 is 0 Å². The van der Waals surface area contributed by atoms with Crippen LogP contribution in [-0.2, 0) is 0 Å². The third-order valence-corrected chi connectivity index (χ3v) is 1.87. The van der Waals surface area contributed by atoms with Crippen molar-refractivity contribution in [2.45, 2.75) is 6.92 Å². The molecule has 0 heterocycles. The first kappa shape index (κ1) is 10.3. The number of methoxy groups -OCH3 is 2. The molecular formula is C9H11NO4. The van der Waals surface area contributed by atoms with E-state index in [1.54, 1.807) is 13.0 Å². The molecule has 1 aromatic rings. The maximum absolute atomic E-state index is 10.7. The molecular weight excluding hydrogens is 186 g/mol. The molecule has 14 heavy (non-hydrogen) atoms. The second kappa shape index (κ2) is 3.95. The number of nitro groups is 1. The molecule has 0 aliphatic heterocycles. The summed E-state index contributed by atoms with van der Waals surface area (Å²) in [5.74, 6) is 0.728. The van der Waals surface area contributed by atoms with Crippen LogP contribution >= 0.6 is 0 Å². The summed E-state index contributed by atoms with van der Waals surface area (Å²) in [7, 11) is 2.87. The van der Waals surface area contributed by atoms with E-state index in [2.05, 4.69) is 0 Å². The molecule has 0 amide bonds. The fraction of sp³-hybridized carbons (Fsp3) is 0.333. The SMILES string of the molecule is COc1cc(C)c(OC)c([N+](=O)[O-])c1. The predicted octanol–water partition coefficient (Wildman–Crippen LogP) is 1.92. The largest absolute Gasteiger partial charge is 0.496 e. The number of aryl methyl sites for hydroxylation is 1. The van der Waals surface area contributed by atoms with E-state index in [0.29, 0.717) is 11.3 Å². The summed E-state index contributed by atoms with van der Waals surface area (Å²) < 4.78 is 9.87. The number of ether oxygens (including phenoxy) is 2. The zero-order valence-corrected chi connectivity index (χ0v) is 8.23. The van der Waals surface area contributed by atoms with E-state index in [9.17, 15) is 10.1 Å². The smallest absolute Gasteiger partial charge is 0.314 e. The van der Waals surface area contributed by atoms with Gasteiger partial charge in [0.25, 0.3) is 0 Å². The summed E-state index contributed by atoms with van der Waals surface area (Å²) in [5, 5.41) is 10.7. The first-order valence-electron chi connectivity index (χ1n) is 3.97.